The van der Waals surface area contributed by atoms with Crippen molar-refractivity contribution in [1.82, 2.24) is 14.3 Å². The second-order valence-corrected chi connectivity index (χ2v) is 9.44. The average molecular weight is 454 g/mol. The number of benzene rings is 2. The van der Waals surface area contributed by atoms with E-state index in [9.17, 15) is 13.2 Å². The highest BCUT2D eigenvalue weighted by Gasteiger charge is 2.20. The molecule has 154 valence electrons. The number of halogens is 2. The number of aryl methyl sites for hydroxylation is 1. The van der Waals surface area contributed by atoms with Crippen LogP contribution in [0.15, 0.2) is 36.4 Å². The van der Waals surface area contributed by atoms with Crippen LogP contribution in [0.2, 0.25) is 10.0 Å². The van der Waals surface area contributed by atoms with Gasteiger partial charge in [-0.15, -0.1) is 0 Å². The number of carbonyl (C=O) groups excluding carboxylic acids is 1. The molecule has 3 rings (SSSR count). The zero-order chi connectivity index (χ0) is 21.2. The fourth-order valence-corrected chi connectivity index (χ4v) is 4.68. The number of fused-ring (bicyclic) bond motifs is 1. The van der Waals surface area contributed by atoms with E-state index in [4.69, 9.17) is 23.2 Å². The van der Waals surface area contributed by atoms with Gasteiger partial charge in [0.05, 0.1) is 23.4 Å². The number of aromatic nitrogens is 2. The summed E-state index contributed by atoms with van der Waals surface area (Å²) < 4.78 is 28.3. The van der Waals surface area contributed by atoms with Crippen LogP contribution in [0.3, 0.4) is 0 Å². The number of nitrogens with zero attached hydrogens (tertiary/aromatic N) is 2. The third-order valence-electron chi connectivity index (χ3n) is 4.57. The molecule has 1 amide bonds. The number of imidazole rings is 1. The molecule has 0 fully saturated rings. The van der Waals surface area contributed by atoms with Crippen LogP contribution < -0.4 is 4.72 Å². The quantitative estimate of drug-likeness (QED) is 0.568. The van der Waals surface area contributed by atoms with Crippen molar-refractivity contribution in [1.29, 1.82) is 0 Å². The van der Waals surface area contributed by atoms with Gasteiger partial charge in [0.25, 0.3) is 5.91 Å². The largest absolute Gasteiger partial charge is 0.324 e. The summed E-state index contributed by atoms with van der Waals surface area (Å²) in [6.07, 6.45) is 1.21. The van der Waals surface area contributed by atoms with Crippen molar-refractivity contribution in [3.63, 3.8) is 0 Å². The molecule has 1 heterocycles. The van der Waals surface area contributed by atoms with E-state index in [1.807, 2.05) is 30.5 Å². The SMILES string of the molecule is CCCCS(=O)(=O)NC(=O)c1cccc2c1nc(C)n2Cc1ccc(Cl)cc1Cl. The van der Waals surface area contributed by atoms with E-state index < -0.39 is 15.9 Å². The average Bonchev–Trinajstić information content (AvgIpc) is 2.97. The maximum atomic E-state index is 12.6. The third-order valence-corrected chi connectivity index (χ3v) is 6.48. The molecular formula is C20H21Cl2N3O3S. The molecule has 0 radical (unpaired) electrons. The molecule has 9 heteroatoms. The molecule has 2 aromatic carbocycles. The van der Waals surface area contributed by atoms with Crippen LogP contribution in [0.5, 0.6) is 0 Å². The summed E-state index contributed by atoms with van der Waals surface area (Å²) in [5, 5.41) is 1.09. The summed E-state index contributed by atoms with van der Waals surface area (Å²) in [5.41, 5.74) is 2.23. The van der Waals surface area contributed by atoms with Gasteiger partial charge in [-0.1, -0.05) is 48.7 Å². The number of amides is 1. The minimum atomic E-state index is -3.69. The summed E-state index contributed by atoms with van der Waals surface area (Å²) >= 11 is 12.3. The number of carbonyl (C=O) groups is 1. The lowest BCUT2D eigenvalue weighted by atomic mass is 10.1. The van der Waals surface area contributed by atoms with Crippen molar-refractivity contribution in [3.8, 4) is 0 Å². The first-order chi connectivity index (χ1) is 13.7. The van der Waals surface area contributed by atoms with Crippen molar-refractivity contribution >= 4 is 50.2 Å². The number of hydrogen-bond acceptors (Lipinski definition) is 4. The number of rotatable bonds is 7. The maximum Gasteiger partial charge on any atom is 0.266 e. The van der Waals surface area contributed by atoms with E-state index in [2.05, 4.69) is 9.71 Å². The van der Waals surface area contributed by atoms with Crippen molar-refractivity contribution in [2.24, 2.45) is 0 Å². The molecular weight excluding hydrogens is 433 g/mol. The molecule has 0 saturated heterocycles. The molecule has 0 atom stereocenters. The first-order valence-corrected chi connectivity index (χ1v) is 11.6. The highest BCUT2D eigenvalue weighted by molar-refractivity contribution is 7.90. The highest BCUT2D eigenvalue weighted by atomic mass is 35.5. The number of hydrogen-bond donors (Lipinski definition) is 1. The Balaban J connectivity index is 1.96. The van der Waals surface area contributed by atoms with Gasteiger partial charge in [-0.25, -0.2) is 18.1 Å². The molecule has 0 aliphatic rings. The first-order valence-electron chi connectivity index (χ1n) is 9.16. The molecule has 3 aromatic rings. The van der Waals surface area contributed by atoms with Gasteiger partial charge in [-0.3, -0.25) is 4.79 Å². The fraction of sp³-hybridized carbons (Fsp3) is 0.300. The van der Waals surface area contributed by atoms with Crippen molar-refractivity contribution < 1.29 is 13.2 Å². The Morgan fingerprint density at radius 3 is 2.66 bits per heavy atom. The monoisotopic (exact) mass is 453 g/mol. The van der Waals surface area contributed by atoms with Crippen molar-refractivity contribution in [3.05, 3.63) is 63.4 Å². The molecule has 0 bridgehead atoms. The molecule has 6 nitrogen and oxygen atoms in total. The molecule has 1 N–H and O–H groups in total. The summed E-state index contributed by atoms with van der Waals surface area (Å²) in [5.74, 6) is -0.0886. The van der Waals surface area contributed by atoms with Crippen LogP contribution in [-0.2, 0) is 16.6 Å². The molecule has 0 spiro atoms. The summed E-state index contributed by atoms with van der Waals surface area (Å²) in [4.78, 5) is 17.1. The van der Waals surface area contributed by atoms with Crippen molar-refractivity contribution in [2.75, 3.05) is 5.75 Å². The number of unbranched alkanes of at least 4 members (excludes halogenated alkanes) is 1. The van der Waals surface area contributed by atoms with Crippen molar-refractivity contribution in [2.45, 2.75) is 33.2 Å². The zero-order valence-corrected chi connectivity index (χ0v) is 18.4. The van der Waals surface area contributed by atoms with Crippen LogP contribution in [-0.4, -0.2) is 29.6 Å². The lowest BCUT2D eigenvalue weighted by molar-refractivity contribution is 0.0983. The highest BCUT2D eigenvalue weighted by Crippen LogP contribution is 2.26. The third kappa shape index (κ3) is 4.91. The van der Waals surface area contributed by atoms with E-state index in [1.54, 1.807) is 24.3 Å². The predicted octanol–water partition coefficient (Wildman–Crippen LogP) is 4.56. The predicted molar refractivity (Wildman–Crippen MR) is 116 cm³/mol. The van der Waals surface area contributed by atoms with Gasteiger partial charge in [0, 0.05) is 10.0 Å². The molecule has 29 heavy (non-hydrogen) atoms. The number of sulfonamides is 1. The van der Waals surface area contributed by atoms with Gasteiger partial charge in [-0.05, 0) is 43.2 Å². The first kappa shape index (κ1) is 21.6. The molecule has 0 unspecified atom stereocenters. The van der Waals surface area contributed by atoms with Gasteiger partial charge in [0.2, 0.25) is 10.0 Å². The molecule has 0 saturated carbocycles. The lowest BCUT2D eigenvalue weighted by Crippen LogP contribution is -2.32. The molecule has 0 aliphatic heterocycles. The molecule has 1 aromatic heterocycles. The van der Waals surface area contributed by atoms with Crippen LogP contribution in [0.1, 0.15) is 41.5 Å². The second-order valence-electron chi connectivity index (χ2n) is 6.76. The Morgan fingerprint density at radius 1 is 1.21 bits per heavy atom. The summed E-state index contributed by atoms with van der Waals surface area (Å²) in [7, 11) is -3.69. The van der Waals surface area contributed by atoms with Gasteiger partial charge in [0.15, 0.2) is 0 Å². The van der Waals surface area contributed by atoms with Crippen LogP contribution >= 0.6 is 23.2 Å². The van der Waals surface area contributed by atoms with E-state index in [0.29, 0.717) is 39.9 Å². The minimum Gasteiger partial charge on any atom is -0.324 e. The Hall–Kier alpha value is -2.09. The molecule has 0 aliphatic carbocycles. The Kier molecular flexibility index (Phi) is 6.51. The maximum absolute atomic E-state index is 12.6. The van der Waals surface area contributed by atoms with Gasteiger partial charge in [-0.2, -0.15) is 0 Å². The van der Waals surface area contributed by atoms with E-state index in [-0.39, 0.29) is 11.3 Å². The van der Waals surface area contributed by atoms with E-state index in [1.165, 1.54) is 0 Å². The van der Waals surface area contributed by atoms with Crippen LogP contribution in [0.4, 0.5) is 0 Å². The Labute approximate surface area is 179 Å². The van der Waals surface area contributed by atoms with Crippen LogP contribution in [0.25, 0.3) is 11.0 Å². The minimum absolute atomic E-state index is 0.0895. The lowest BCUT2D eigenvalue weighted by Gasteiger charge is -2.10. The Morgan fingerprint density at radius 2 is 1.97 bits per heavy atom. The van der Waals surface area contributed by atoms with Gasteiger partial charge < -0.3 is 4.57 Å². The number of nitrogens with one attached hydrogen (secondary N) is 1. The van der Waals surface area contributed by atoms with Crippen LogP contribution in [0, 0.1) is 6.92 Å². The Bertz CT molecular complexity index is 1170. The van der Waals surface area contributed by atoms with Gasteiger partial charge in [0.1, 0.15) is 11.3 Å². The normalized spacial score (nSPS) is 11.7. The zero-order valence-electron chi connectivity index (χ0n) is 16.1. The smallest absolute Gasteiger partial charge is 0.266 e. The summed E-state index contributed by atoms with van der Waals surface area (Å²) in [6.45, 7) is 4.15. The number of para-hydroxylation sites is 1. The van der Waals surface area contributed by atoms with E-state index in [0.717, 1.165) is 12.0 Å². The van der Waals surface area contributed by atoms with E-state index >= 15 is 0 Å². The summed E-state index contributed by atoms with van der Waals surface area (Å²) in [6, 6.07) is 10.4. The standard InChI is InChI=1S/C20H21Cl2N3O3S/c1-3-4-10-29(27,28)24-20(26)16-6-5-7-18-19(16)23-13(2)25(18)12-14-8-9-15(21)11-17(14)22/h5-9,11H,3-4,10,12H2,1-2H3,(H,24,26). The van der Waals surface area contributed by atoms with Gasteiger partial charge >= 0.3 is 0 Å². The second kappa shape index (κ2) is 8.73. The fourth-order valence-electron chi connectivity index (χ4n) is 3.05. The topological polar surface area (TPSA) is 81.1 Å².